The molecule has 1 unspecified atom stereocenters. The fraction of sp³-hybridized carbons (Fsp3) is 0.375. The number of hydrogen-bond donors (Lipinski definition) is 1. The molecule has 0 radical (unpaired) electrons. The van der Waals surface area contributed by atoms with Gasteiger partial charge < -0.3 is 10.6 Å². The zero-order chi connectivity index (χ0) is 13.8. The van der Waals surface area contributed by atoms with Crippen LogP contribution in [0.4, 0.5) is 5.95 Å². The van der Waals surface area contributed by atoms with Gasteiger partial charge in [0.2, 0.25) is 5.95 Å². The summed E-state index contributed by atoms with van der Waals surface area (Å²) in [6, 6.07) is 12.2. The lowest BCUT2D eigenvalue weighted by Gasteiger charge is -2.32. The second-order valence-corrected chi connectivity index (χ2v) is 5.30. The molecule has 0 aliphatic carbocycles. The molecule has 0 spiro atoms. The second kappa shape index (κ2) is 6.01. The first-order valence-electron chi connectivity index (χ1n) is 7.20. The third-order valence-electron chi connectivity index (χ3n) is 3.85. The Balaban J connectivity index is 1.84. The Kier molecular flexibility index (Phi) is 3.92. The summed E-state index contributed by atoms with van der Waals surface area (Å²) in [7, 11) is 0. The largest absolute Gasteiger partial charge is 0.340 e. The number of hydrogen-bond acceptors (Lipinski definition) is 4. The minimum Gasteiger partial charge on any atom is -0.340 e. The van der Waals surface area contributed by atoms with Crippen molar-refractivity contribution < 1.29 is 0 Å². The maximum absolute atomic E-state index is 5.80. The summed E-state index contributed by atoms with van der Waals surface area (Å²) in [4.78, 5) is 11.4. The lowest BCUT2D eigenvalue weighted by atomic mass is 9.99. The third kappa shape index (κ3) is 2.80. The normalized spacial score (nSPS) is 19.1. The lowest BCUT2D eigenvalue weighted by Crippen LogP contribution is -2.39. The summed E-state index contributed by atoms with van der Waals surface area (Å²) >= 11 is 0. The van der Waals surface area contributed by atoms with Crippen molar-refractivity contribution in [2.24, 2.45) is 11.7 Å². The van der Waals surface area contributed by atoms with Gasteiger partial charge >= 0.3 is 0 Å². The maximum Gasteiger partial charge on any atom is 0.225 e. The van der Waals surface area contributed by atoms with Crippen molar-refractivity contribution in [1.82, 2.24) is 9.97 Å². The van der Waals surface area contributed by atoms with E-state index < -0.39 is 0 Å². The first kappa shape index (κ1) is 13.1. The highest BCUT2D eigenvalue weighted by atomic mass is 15.3. The monoisotopic (exact) mass is 268 g/mol. The molecule has 1 saturated heterocycles. The molecule has 4 heteroatoms. The lowest BCUT2D eigenvalue weighted by molar-refractivity contribution is 0.419. The van der Waals surface area contributed by atoms with Gasteiger partial charge in [0.1, 0.15) is 0 Å². The molecule has 1 aromatic carbocycles. The second-order valence-electron chi connectivity index (χ2n) is 5.30. The van der Waals surface area contributed by atoms with E-state index in [9.17, 15) is 0 Å². The van der Waals surface area contributed by atoms with Crippen LogP contribution >= 0.6 is 0 Å². The van der Waals surface area contributed by atoms with Gasteiger partial charge in [-0.05, 0) is 31.4 Å². The summed E-state index contributed by atoms with van der Waals surface area (Å²) in [6.07, 6.45) is 4.23. The molecule has 3 rings (SSSR count). The van der Waals surface area contributed by atoms with Gasteiger partial charge in [0, 0.05) is 24.8 Å². The van der Waals surface area contributed by atoms with E-state index in [0.29, 0.717) is 5.92 Å². The van der Waals surface area contributed by atoms with Gasteiger partial charge in [-0.3, -0.25) is 0 Å². The average Bonchev–Trinajstić information content (AvgIpc) is 2.56. The first-order valence-corrected chi connectivity index (χ1v) is 7.20. The topological polar surface area (TPSA) is 55.0 Å². The van der Waals surface area contributed by atoms with Crippen LogP contribution in [-0.2, 0) is 0 Å². The number of nitrogens with zero attached hydrogens (tertiary/aromatic N) is 3. The Labute approximate surface area is 119 Å². The molecular formula is C16H20N4. The van der Waals surface area contributed by atoms with Crippen LogP contribution in [0.2, 0.25) is 0 Å². The Morgan fingerprint density at radius 2 is 2.05 bits per heavy atom. The molecule has 20 heavy (non-hydrogen) atoms. The molecule has 1 fully saturated rings. The van der Waals surface area contributed by atoms with Crippen LogP contribution in [0.15, 0.2) is 42.6 Å². The summed E-state index contributed by atoms with van der Waals surface area (Å²) in [5.74, 6) is 1.39. The minimum absolute atomic E-state index is 0.563. The molecule has 0 bridgehead atoms. The van der Waals surface area contributed by atoms with E-state index in [1.165, 1.54) is 12.8 Å². The smallest absolute Gasteiger partial charge is 0.225 e. The molecule has 2 heterocycles. The van der Waals surface area contributed by atoms with E-state index in [1.54, 1.807) is 0 Å². The van der Waals surface area contributed by atoms with Crippen molar-refractivity contribution in [2.75, 3.05) is 24.5 Å². The number of piperidine rings is 1. The Morgan fingerprint density at radius 3 is 2.85 bits per heavy atom. The molecule has 1 aliphatic rings. The summed E-state index contributed by atoms with van der Waals surface area (Å²) in [6.45, 7) is 2.73. The van der Waals surface area contributed by atoms with Crippen LogP contribution < -0.4 is 10.6 Å². The van der Waals surface area contributed by atoms with E-state index in [0.717, 1.165) is 36.8 Å². The van der Waals surface area contributed by atoms with E-state index in [1.807, 2.05) is 30.5 Å². The van der Waals surface area contributed by atoms with E-state index >= 15 is 0 Å². The minimum atomic E-state index is 0.563. The molecule has 2 aromatic rings. The van der Waals surface area contributed by atoms with Crippen molar-refractivity contribution in [3.63, 3.8) is 0 Å². The van der Waals surface area contributed by atoms with Gasteiger partial charge in [-0.25, -0.2) is 9.97 Å². The number of anilines is 1. The average molecular weight is 268 g/mol. The van der Waals surface area contributed by atoms with Crippen LogP contribution in [0.25, 0.3) is 11.3 Å². The Morgan fingerprint density at radius 1 is 1.20 bits per heavy atom. The van der Waals surface area contributed by atoms with E-state index in [4.69, 9.17) is 10.7 Å². The molecule has 104 valence electrons. The molecule has 0 amide bonds. The fourth-order valence-corrected chi connectivity index (χ4v) is 2.71. The van der Waals surface area contributed by atoms with Crippen molar-refractivity contribution in [2.45, 2.75) is 12.8 Å². The molecule has 1 aromatic heterocycles. The van der Waals surface area contributed by atoms with Crippen LogP contribution in [0.3, 0.4) is 0 Å². The van der Waals surface area contributed by atoms with Crippen molar-refractivity contribution >= 4 is 5.95 Å². The SMILES string of the molecule is NCC1CCCN(c2nccc(-c3ccccc3)n2)C1. The number of rotatable bonds is 3. The molecule has 1 aliphatic heterocycles. The Bertz CT molecular complexity index is 555. The van der Waals surface area contributed by atoms with E-state index in [2.05, 4.69) is 22.0 Å². The highest BCUT2D eigenvalue weighted by molar-refractivity contribution is 5.59. The van der Waals surface area contributed by atoms with Crippen molar-refractivity contribution in [3.8, 4) is 11.3 Å². The summed E-state index contributed by atoms with van der Waals surface area (Å²) in [5.41, 5.74) is 7.90. The van der Waals surface area contributed by atoms with Gasteiger partial charge in [0.15, 0.2) is 0 Å². The predicted octanol–water partition coefficient (Wildman–Crippen LogP) is 2.32. The number of benzene rings is 1. The highest BCUT2D eigenvalue weighted by Crippen LogP contribution is 2.22. The first-order chi connectivity index (χ1) is 9.86. The summed E-state index contributed by atoms with van der Waals surface area (Å²) in [5, 5.41) is 0. The standard InChI is InChI=1S/C16H20N4/c17-11-13-5-4-10-20(12-13)16-18-9-8-15(19-16)14-6-2-1-3-7-14/h1-3,6-9,13H,4-5,10-12,17H2. The summed E-state index contributed by atoms with van der Waals surface area (Å²) < 4.78 is 0. The van der Waals surface area contributed by atoms with Crippen LogP contribution in [0.5, 0.6) is 0 Å². The predicted molar refractivity (Wildman–Crippen MR) is 81.5 cm³/mol. The molecule has 4 nitrogen and oxygen atoms in total. The quantitative estimate of drug-likeness (QED) is 0.928. The maximum atomic E-state index is 5.80. The van der Waals surface area contributed by atoms with Crippen LogP contribution in [-0.4, -0.2) is 29.6 Å². The van der Waals surface area contributed by atoms with Crippen LogP contribution in [0.1, 0.15) is 12.8 Å². The molecule has 2 N–H and O–H groups in total. The van der Waals surface area contributed by atoms with Gasteiger partial charge in [-0.15, -0.1) is 0 Å². The van der Waals surface area contributed by atoms with E-state index in [-0.39, 0.29) is 0 Å². The van der Waals surface area contributed by atoms with Gasteiger partial charge in [0.25, 0.3) is 0 Å². The molecule has 0 saturated carbocycles. The zero-order valence-corrected chi connectivity index (χ0v) is 11.6. The zero-order valence-electron chi connectivity index (χ0n) is 11.6. The van der Waals surface area contributed by atoms with Gasteiger partial charge in [-0.2, -0.15) is 0 Å². The van der Waals surface area contributed by atoms with Crippen molar-refractivity contribution in [1.29, 1.82) is 0 Å². The van der Waals surface area contributed by atoms with Crippen molar-refractivity contribution in [3.05, 3.63) is 42.6 Å². The Hall–Kier alpha value is -1.94. The van der Waals surface area contributed by atoms with Gasteiger partial charge in [-0.1, -0.05) is 30.3 Å². The van der Waals surface area contributed by atoms with Crippen LogP contribution in [0, 0.1) is 5.92 Å². The molecule has 1 atom stereocenters. The van der Waals surface area contributed by atoms with Gasteiger partial charge in [0.05, 0.1) is 5.69 Å². The number of nitrogens with two attached hydrogens (primary N) is 1. The highest BCUT2D eigenvalue weighted by Gasteiger charge is 2.20. The fourth-order valence-electron chi connectivity index (χ4n) is 2.71. The molecular weight excluding hydrogens is 248 g/mol. The third-order valence-corrected chi connectivity index (χ3v) is 3.85. The number of aromatic nitrogens is 2.